The molecule has 0 fully saturated rings. The largest absolute Gasteiger partial charge is 0.261 e. The Morgan fingerprint density at radius 2 is 2.06 bits per heavy atom. The topological polar surface area (TPSA) is 12.9 Å². The number of nitrogens with zero attached hydrogens (tertiary/aromatic N) is 1. The van der Waals surface area contributed by atoms with E-state index in [2.05, 4.69) is 44.8 Å². The van der Waals surface area contributed by atoms with Crippen LogP contribution < -0.4 is 0 Å². The Morgan fingerprint density at radius 3 is 2.69 bits per heavy atom. The van der Waals surface area contributed by atoms with E-state index in [1.165, 1.54) is 22.8 Å². The third kappa shape index (κ3) is 5.55. The van der Waals surface area contributed by atoms with E-state index in [1.54, 1.807) is 0 Å². The summed E-state index contributed by atoms with van der Waals surface area (Å²) in [7, 11) is 0. The van der Waals surface area contributed by atoms with Gasteiger partial charge in [0.25, 0.3) is 0 Å². The average molecular weight is 237 g/mol. The summed E-state index contributed by atoms with van der Waals surface area (Å²) in [5, 5.41) is 0. The van der Waals surface area contributed by atoms with E-state index >= 15 is 0 Å². The van der Waals surface area contributed by atoms with Crippen LogP contribution in [0.4, 0.5) is 0 Å². The number of hydrogen-bond acceptors (Lipinski definition) is 2. The summed E-state index contributed by atoms with van der Waals surface area (Å²) in [5.41, 5.74) is 3.06. The van der Waals surface area contributed by atoms with Crippen LogP contribution in [0.15, 0.2) is 18.3 Å². The van der Waals surface area contributed by atoms with E-state index < -0.39 is 0 Å². The predicted octanol–water partition coefficient (Wildman–Crippen LogP) is 3.97. The molecular weight excluding hydrogens is 214 g/mol. The zero-order valence-electron chi connectivity index (χ0n) is 10.9. The molecule has 0 aliphatic carbocycles. The fourth-order valence-corrected chi connectivity index (χ4v) is 2.55. The van der Waals surface area contributed by atoms with E-state index in [0.29, 0.717) is 5.41 Å². The molecule has 0 saturated heterocycles. The van der Waals surface area contributed by atoms with E-state index in [0.717, 1.165) is 12.8 Å². The molecule has 1 aromatic heterocycles. The normalized spacial score (nSPS) is 11.8. The molecule has 0 aliphatic rings. The molecule has 0 aliphatic heterocycles. The lowest BCUT2D eigenvalue weighted by Crippen LogP contribution is -2.09. The molecule has 1 aromatic rings. The quantitative estimate of drug-likeness (QED) is 0.719. The van der Waals surface area contributed by atoms with E-state index in [4.69, 9.17) is 0 Å². The van der Waals surface area contributed by atoms with Crippen molar-refractivity contribution in [2.75, 3.05) is 11.5 Å². The van der Waals surface area contributed by atoms with Crippen molar-refractivity contribution in [1.82, 2.24) is 4.98 Å². The number of aryl methyl sites for hydroxylation is 2. The second-order valence-corrected chi connectivity index (χ2v) is 6.48. The summed E-state index contributed by atoms with van der Waals surface area (Å²) >= 11 is 2.03. The SMILES string of the molecule is CCc1ccnc(CCSCC(C)(C)C)c1. The zero-order valence-corrected chi connectivity index (χ0v) is 11.7. The summed E-state index contributed by atoms with van der Waals surface area (Å²) in [6.45, 7) is 9.05. The van der Waals surface area contributed by atoms with E-state index in [9.17, 15) is 0 Å². The maximum absolute atomic E-state index is 4.41. The highest BCUT2D eigenvalue weighted by Crippen LogP contribution is 2.20. The standard InChI is InChI=1S/C14H23NS/c1-5-12-6-8-15-13(10-12)7-9-16-11-14(2,3)4/h6,8,10H,5,7,9,11H2,1-4H3. The second-order valence-electron chi connectivity index (χ2n) is 5.37. The minimum absolute atomic E-state index is 0.434. The molecule has 0 amide bonds. The first kappa shape index (κ1) is 13.6. The number of hydrogen-bond donors (Lipinski definition) is 0. The molecule has 0 bridgehead atoms. The lowest BCUT2D eigenvalue weighted by molar-refractivity contribution is 0.481. The summed E-state index contributed by atoms with van der Waals surface area (Å²) in [5.74, 6) is 2.40. The Kier molecular flexibility index (Phi) is 5.33. The van der Waals surface area contributed by atoms with Crippen molar-refractivity contribution < 1.29 is 0 Å². The number of rotatable bonds is 5. The molecular formula is C14H23NS. The Balaban J connectivity index is 2.32. The van der Waals surface area contributed by atoms with Crippen LogP contribution in [0.5, 0.6) is 0 Å². The molecule has 0 unspecified atom stereocenters. The lowest BCUT2D eigenvalue weighted by Gasteiger charge is -2.16. The van der Waals surface area contributed by atoms with Crippen LogP contribution in [0, 0.1) is 5.41 Å². The van der Waals surface area contributed by atoms with Gasteiger partial charge < -0.3 is 0 Å². The molecule has 16 heavy (non-hydrogen) atoms. The Morgan fingerprint density at radius 1 is 1.31 bits per heavy atom. The van der Waals surface area contributed by atoms with Gasteiger partial charge in [-0.2, -0.15) is 11.8 Å². The van der Waals surface area contributed by atoms with Crippen molar-refractivity contribution in [1.29, 1.82) is 0 Å². The van der Waals surface area contributed by atoms with Crippen LogP contribution in [0.25, 0.3) is 0 Å². The third-order valence-corrected chi connectivity index (χ3v) is 3.89. The van der Waals surface area contributed by atoms with Gasteiger partial charge in [0.2, 0.25) is 0 Å². The van der Waals surface area contributed by atoms with Crippen molar-refractivity contribution in [3.05, 3.63) is 29.6 Å². The maximum atomic E-state index is 4.41. The van der Waals surface area contributed by atoms with Crippen LogP contribution in [-0.4, -0.2) is 16.5 Å². The smallest absolute Gasteiger partial charge is 0.0414 e. The average Bonchev–Trinajstić information content (AvgIpc) is 2.23. The molecule has 0 radical (unpaired) electrons. The van der Waals surface area contributed by atoms with Gasteiger partial charge in [0.1, 0.15) is 0 Å². The Hall–Kier alpha value is -0.500. The van der Waals surface area contributed by atoms with E-state index in [-0.39, 0.29) is 0 Å². The first-order chi connectivity index (χ1) is 7.51. The van der Waals surface area contributed by atoms with Crippen molar-refractivity contribution in [2.24, 2.45) is 5.41 Å². The maximum Gasteiger partial charge on any atom is 0.0414 e. The molecule has 0 aromatic carbocycles. The zero-order chi connectivity index (χ0) is 12.0. The van der Waals surface area contributed by atoms with Gasteiger partial charge in [-0.05, 0) is 47.5 Å². The first-order valence-corrected chi connectivity index (χ1v) is 7.18. The summed E-state index contributed by atoms with van der Waals surface area (Å²) in [6.07, 6.45) is 4.13. The highest BCUT2D eigenvalue weighted by molar-refractivity contribution is 7.99. The van der Waals surface area contributed by atoms with Gasteiger partial charge in [0, 0.05) is 11.9 Å². The molecule has 1 rings (SSSR count). The van der Waals surface area contributed by atoms with Crippen LogP contribution in [0.1, 0.15) is 39.0 Å². The molecule has 0 atom stereocenters. The minimum Gasteiger partial charge on any atom is -0.261 e. The molecule has 0 N–H and O–H groups in total. The van der Waals surface area contributed by atoms with Crippen LogP contribution in [-0.2, 0) is 12.8 Å². The van der Waals surface area contributed by atoms with Crippen LogP contribution in [0.2, 0.25) is 0 Å². The van der Waals surface area contributed by atoms with Gasteiger partial charge >= 0.3 is 0 Å². The highest BCUT2D eigenvalue weighted by atomic mass is 32.2. The lowest BCUT2D eigenvalue weighted by atomic mass is 10.0. The van der Waals surface area contributed by atoms with Crippen LogP contribution >= 0.6 is 11.8 Å². The Labute approximate surface area is 104 Å². The highest BCUT2D eigenvalue weighted by Gasteiger charge is 2.09. The predicted molar refractivity (Wildman–Crippen MR) is 74.1 cm³/mol. The summed E-state index contributed by atoms with van der Waals surface area (Å²) in [4.78, 5) is 4.41. The molecule has 1 nitrogen and oxygen atoms in total. The summed E-state index contributed by atoms with van der Waals surface area (Å²) in [6, 6.07) is 4.34. The molecule has 0 spiro atoms. The van der Waals surface area contributed by atoms with Crippen molar-refractivity contribution in [3.8, 4) is 0 Å². The van der Waals surface area contributed by atoms with Gasteiger partial charge in [-0.3, -0.25) is 4.98 Å². The van der Waals surface area contributed by atoms with Gasteiger partial charge in [-0.15, -0.1) is 0 Å². The number of pyridine rings is 1. The van der Waals surface area contributed by atoms with E-state index in [1.807, 2.05) is 18.0 Å². The monoisotopic (exact) mass is 237 g/mol. The Bertz CT molecular complexity index is 315. The fourth-order valence-electron chi connectivity index (χ4n) is 1.44. The van der Waals surface area contributed by atoms with Crippen molar-refractivity contribution >= 4 is 11.8 Å². The van der Waals surface area contributed by atoms with Gasteiger partial charge in [-0.25, -0.2) is 0 Å². The van der Waals surface area contributed by atoms with Crippen LogP contribution in [0.3, 0.4) is 0 Å². The molecule has 1 heterocycles. The third-order valence-electron chi connectivity index (χ3n) is 2.33. The number of thioether (sulfide) groups is 1. The molecule has 0 saturated carbocycles. The fraction of sp³-hybridized carbons (Fsp3) is 0.643. The first-order valence-electron chi connectivity index (χ1n) is 6.03. The minimum atomic E-state index is 0.434. The number of aromatic nitrogens is 1. The second kappa shape index (κ2) is 6.29. The van der Waals surface area contributed by atoms with Gasteiger partial charge in [0.05, 0.1) is 0 Å². The molecule has 90 valence electrons. The van der Waals surface area contributed by atoms with Crippen molar-refractivity contribution in [2.45, 2.75) is 40.5 Å². The van der Waals surface area contributed by atoms with Gasteiger partial charge in [-0.1, -0.05) is 27.7 Å². The summed E-state index contributed by atoms with van der Waals surface area (Å²) < 4.78 is 0. The molecule has 2 heteroatoms. The van der Waals surface area contributed by atoms with Crippen molar-refractivity contribution in [3.63, 3.8) is 0 Å². The van der Waals surface area contributed by atoms with Gasteiger partial charge in [0.15, 0.2) is 0 Å².